The van der Waals surface area contributed by atoms with Gasteiger partial charge >= 0.3 is 5.97 Å². The van der Waals surface area contributed by atoms with Crippen LogP contribution in [0.15, 0.2) is 36.5 Å². The number of fused-ring (bicyclic) bond motifs is 1. The highest BCUT2D eigenvalue weighted by atomic mass is 16.5. The number of aryl methyl sites for hydroxylation is 1. The fraction of sp³-hybridized carbons (Fsp3) is 0.214. The lowest BCUT2D eigenvalue weighted by atomic mass is 10.2. The molecular formula is C14H15N5O2. The summed E-state index contributed by atoms with van der Waals surface area (Å²) in [4.78, 5) is 11.8. The predicted molar refractivity (Wildman–Crippen MR) is 77.1 cm³/mol. The first-order valence-electron chi connectivity index (χ1n) is 6.48. The zero-order valence-electron chi connectivity index (χ0n) is 11.6. The van der Waals surface area contributed by atoms with E-state index in [2.05, 4.69) is 10.2 Å². The monoisotopic (exact) mass is 285 g/mol. The number of nitrogens with zero attached hydrogens (tertiary/aromatic N) is 4. The second-order valence-electron chi connectivity index (χ2n) is 4.69. The van der Waals surface area contributed by atoms with Gasteiger partial charge in [-0.2, -0.15) is 10.2 Å². The Morgan fingerprint density at radius 1 is 1.29 bits per heavy atom. The van der Waals surface area contributed by atoms with Gasteiger partial charge < -0.3 is 10.5 Å². The molecule has 0 atom stereocenters. The van der Waals surface area contributed by atoms with Crippen LogP contribution in [0.3, 0.4) is 0 Å². The van der Waals surface area contributed by atoms with Crippen molar-refractivity contribution in [3.63, 3.8) is 0 Å². The van der Waals surface area contributed by atoms with E-state index in [0.717, 1.165) is 16.6 Å². The Labute approximate surface area is 120 Å². The van der Waals surface area contributed by atoms with Crippen LogP contribution in [0.1, 0.15) is 5.69 Å². The van der Waals surface area contributed by atoms with E-state index < -0.39 is 0 Å². The maximum absolute atomic E-state index is 11.8. The number of aromatic nitrogens is 4. The highest BCUT2D eigenvalue weighted by molar-refractivity contribution is 5.82. The van der Waals surface area contributed by atoms with Crippen LogP contribution in [-0.2, 0) is 29.7 Å². The summed E-state index contributed by atoms with van der Waals surface area (Å²) >= 11 is 0. The van der Waals surface area contributed by atoms with E-state index in [1.165, 1.54) is 4.68 Å². The number of nitrogen functional groups attached to an aromatic ring is 1. The summed E-state index contributed by atoms with van der Waals surface area (Å²) in [5, 5.41) is 9.29. The molecular weight excluding hydrogens is 270 g/mol. The number of nitrogens with two attached hydrogens (primary N) is 1. The Morgan fingerprint density at radius 2 is 2.10 bits per heavy atom. The number of carbonyl (C=O) groups excluding carboxylic acids is 1. The third-order valence-electron chi connectivity index (χ3n) is 3.16. The summed E-state index contributed by atoms with van der Waals surface area (Å²) < 4.78 is 8.46. The number of esters is 1. The van der Waals surface area contributed by atoms with Crippen molar-refractivity contribution in [2.45, 2.75) is 13.2 Å². The number of anilines is 1. The van der Waals surface area contributed by atoms with Gasteiger partial charge in [-0.15, -0.1) is 0 Å². The molecule has 2 N–H and O–H groups in total. The maximum Gasteiger partial charge on any atom is 0.328 e. The number of hydrogen-bond acceptors (Lipinski definition) is 5. The molecule has 0 fully saturated rings. The molecule has 2 heterocycles. The molecule has 0 bridgehead atoms. The molecule has 7 nitrogen and oxygen atoms in total. The van der Waals surface area contributed by atoms with Crippen LogP contribution in [0, 0.1) is 0 Å². The lowest BCUT2D eigenvalue weighted by molar-refractivity contribution is -0.146. The van der Waals surface area contributed by atoms with Gasteiger partial charge in [-0.3, -0.25) is 14.2 Å². The van der Waals surface area contributed by atoms with Gasteiger partial charge in [-0.1, -0.05) is 18.2 Å². The first-order chi connectivity index (χ1) is 10.1. The smallest absolute Gasteiger partial charge is 0.328 e. The molecule has 0 aliphatic heterocycles. The predicted octanol–water partition coefficient (Wildman–Crippen LogP) is 1.10. The van der Waals surface area contributed by atoms with Gasteiger partial charge in [-0.05, 0) is 12.1 Å². The quantitative estimate of drug-likeness (QED) is 0.725. The Kier molecular flexibility index (Phi) is 3.31. The number of para-hydroxylation sites is 1. The van der Waals surface area contributed by atoms with Gasteiger partial charge in [0.1, 0.15) is 24.7 Å². The van der Waals surface area contributed by atoms with Crippen molar-refractivity contribution in [1.29, 1.82) is 0 Å². The number of rotatable bonds is 4. The standard InChI is InChI=1S/C14H15N5O2/c1-18-12-5-3-2-4-10(12)11(16-18)9-21-14(20)8-19-7-6-13(15)17-19/h2-7H,8-9H2,1H3,(H2,15,17). The second kappa shape index (κ2) is 5.28. The molecule has 0 radical (unpaired) electrons. The van der Waals surface area contributed by atoms with E-state index in [-0.39, 0.29) is 19.1 Å². The minimum absolute atomic E-state index is 0.0297. The largest absolute Gasteiger partial charge is 0.458 e. The molecule has 1 aromatic carbocycles. The van der Waals surface area contributed by atoms with Gasteiger partial charge in [0.05, 0.1) is 5.52 Å². The molecule has 0 saturated carbocycles. The van der Waals surface area contributed by atoms with Crippen molar-refractivity contribution in [3.8, 4) is 0 Å². The number of hydrogen-bond donors (Lipinski definition) is 1. The lowest BCUT2D eigenvalue weighted by Gasteiger charge is -2.03. The minimum atomic E-state index is -0.382. The van der Waals surface area contributed by atoms with Crippen LogP contribution in [0.2, 0.25) is 0 Å². The van der Waals surface area contributed by atoms with Crippen LogP contribution < -0.4 is 5.73 Å². The molecule has 0 amide bonds. The molecule has 3 rings (SSSR count). The average Bonchev–Trinajstić information content (AvgIpc) is 3.01. The molecule has 0 spiro atoms. The van der Waals surface area contributed by atoms with Gasteiger partial charge in [0.15, 0.2) is 0 Å². The number of carbonyl (C=O) groups is 1. The number of ether oxygens (including phenoxy) is 1. The second-order valence-corrected chi connectivity index (χ2v) is 4.69. The average molecular weight is 285 g/mol. The Balaban J connectivity index is 1.67. The summed E-state index contributed by atoms with van der Waals surface area (Å²) in [6.45, 7) is 0.166. The van der Waals surface area contributed by atoms with Crippen molar-refractivity contribution in [2.75, 3.05) is 5.73 Å². The molecule has 0 aliphatic rings. The van der Waals surface area contributed by atoms with Crippen LogP contribution in [0.4, 0.5) is 5.82 Å². The van der Waals surface area contributed by atoms with Crippen LogP contribution in [0.25, 0.3) is 10.9 Å². The van der Waals surface area contributed by atoms with E-state index in [1.54, 1.807) is 16.9 Å². The van der Waals surface area contributed by atoms with E-state index >= 15 is 0 Å². The summed E-state index contributed by atoms with van der Waals surface area (Å²) in [6.07, 6.45) is 1.63. The van der Waals surface area contributed by atoms with Gasteiger partial charge in [0.25, 0.3) is 0 Å². The SMILES string of the molecule is Cn1nc(COC(=O)Cn2ccc(N)n2)c2ccccc21. The molecule has 0 unspecified atom stereocenters. The fourth-order valence-electron chi connectivity index (χ4n) is 2.19. The summed E-state index contributed by atoms with van der Waals surface area (Å²) in [6, 6.07) is 9.43. The fourth-order valence-corrected chi connectivity index (χ4v) is 2.19. The van der Waals surface area contributed by atoms with Gasteiger partial charge in [0, 0.05) is 18.6 Å². The normalized spacial score (nSPS) is 10.9. The third-order valence-corrected chi connectivity index (χ3v) is 3.16. The first-order valence-corrected chi connectivity index (χ1v) is 6.48. The molecule has 0 saturated heterocycles. The summed E-state index contributed by atoms with van der Waals surface area (Å²) in [5.41, 5.74) is 7.23. The maximum atomic E-state index is 11.8. The molecule has 2 aromatic heterocycles. The van der Waals surface area contributed by atoms with Crippen molar-refractivity contribution in [2.24, 2.45) is 7.05 Å². The van der Waals surface area contributed by atoms with Crippen molar-refractivity contribution < 1.29 is 9.53 Å². The Bertz CT molecular complexity index is 790. The zero-order valence-corrected chi connectivity index (χ0v) is 11.6. The Hall–Kier alpha value is -2.83. The van der Waals surface area contributed by atoms with Crippen molar-refractivity contribution in [1.82, 2.24) is 19.6 Å². The minimum Gasteiger partial charge on any atom is -0.458 e. The highest BCUT2D eigenvalue weighted by Gasteiger charge is 2.11. The van der Waals surface area contributed by atoms with E-state index in [4.69, 9.17) is 10.5 Å². The van der Waals surface area contributed by atoms with Gasteiger partial charge in [0.2, 0.25) is 0 Å². The van der Waals surface area contributed by atoms with E-state index in [0.29, 0.717) is 5.82 Å². The summed E-state index contributed by atoms with van der Waals surface area (Å²) in [7, 11) is 1.86. The first kappa shape index (κ1) is 13.2. The zero-order chi connectivity index (χ0) is 14.8. The van der Waals surface area contributed by atoms with Crippen LogP contribution >= 0.6 is 0 Å². The topological polar surface area (TPSA) is 88.0 Å². The number of benzene rings is 1. The molecule has 3 aromatic rings. The molecule has 0 aliphatic carbocycles. The third kappa shape index (κ3) is 2.71. The Morgan fingerprint density at radius 3 is 2.86 bits per heavy atom. The van der Waals surface area contributed by atoms with Crippen molar-refractivity contribution in [3.05, 3.63) is 42.2 Å². The van der Waals surface area contributed by atoms with E-state index in [1.807, 2.05) is 31.3 Å². The van der Waals surface area contributed by atoms with Crippen LogP contribution in [-0.4, -0.2) is 25.5 Å². The summed E-state index contributed by atoms with van der Waals surface area (Å²) in [5.74, 6) is -0.00801. The van der Waals surface area contributed by atoms with E-state index in [9.17, 15) is 4.79 Å². The van der Waals surface area contributed by atoms with Crippen LogP contribution in [0.5, 0.6) is 0 Å². The highest BCUT2D eigenvalue weighted by Crippen LogP contribution is 2.18. The molecule has 7 heteroatoms. The molecule has 108 valence electrons. The molecule has 21 heavy (non-hydrogen) atoms. The van der Waals surface area contributed by atoms with Crippen molar-refractivity contribution >= 4 is 22.7 Å². The van der Waals surface area contributed by atoms with Gasteiger partial charge in [-0.25, -0.2) is 0 Å². The lowest BCUT2D eigenvalue weighted by Crippen LogP contribution is -2.14.